The van der Waals surface area contributed by atoms with Crippen LogP contribution >= 0.6 is 15.9 Å². The van der Waals surface area contributed by atoms with E-state index in [0.29, 0.717) is 11.1 Å². The Morgan fingerprint density at radius 2 is 2.06 bits per heavy atom. The molecule has 0 radical (unpaired) electrons. The van der Waals surface area contributed by atoms with Crippen LogP contribution in [0.3, 0.4) is 0 Å². The summed E-state index contributed by atoms with van der Waals surface area (Å²) >= 11 is 3.25. The Balaban J connectivity index is 1.93. The third kappa shape index (κ3) is 1.41. The number of benzene rings is 1. The van der Waals surface area contributed by atoms with E-state index in [1.54, 1.807) is 4.90 Å². The average molecular weight is 280 g/mol. The van der Waals surface area contributed by atoms with Gasteiger partial charge in [0.1, 0.15) is 0 Å². The highest BCUT2D eigenvalue weighted by molar-refractivity contribution is 9.12. The molecule has 3 rings (SSSR count). The molecule has 2 aliphatic rings. The van der Waals surface area contributed by atoms with Crippen molar-refractivity contribution in [3.8, 4) is 0 Å². The molecule has 0 saturated carbocycles. The van der Waals surface area contributed by atoms with Crippen molar-refractivity contribution in [2.45, 2.75) is 12.3 Å². The van der Waals surface area contributed by atoms with E-state index in [0.717, 1.165) is 5.56 Å². The van der Waals surface area contributed by atoms with Crippen LogP contribution in [0.15, 0.2) is 40.9 Å². The maximum absolute atomic E-state index is 11.9. The van der Waals surface area contributed by atoms with E-state index in [1.807, 2.05) is 36.4 Å². The summed E-state index contributed by atoms with van der Waals surface area (Å²) in [6.07, 6.45) is 1.61. The van der Waals surface area contributed by atoms with Crippen LogP contribution in [0.2, 0.25) is 0 Å². The fourth-order valence-corrected chi connectivity index (χ4v) is 2.60. The molecule has 82 valence electrons. The van der Waals surface area contributed by atoms with E-state index in [9.17, 15) is 4.79 Å². The van der Waals surface area contributed by atoms with Crippen molar-refractivity contribution in [1.82, 2.24) is 4.90 Å². The van der Waals surface area contributed by atoms with Crippen LogP contribution in [0.25, 0.3) is 0 Å². The van der Waals surface area contributed by atoms with Crippen molar-refractivity contribution in [1.29, 1.82) is 0 Å². The van der Waals surface area contributed by atoms with Gasteiger partial charge in [-0.05, 0) is 27.6 Å². The highest BCUT2D eigenvalue weighted by Gasteiger charge is 2.42. The third-order valence-electron chi connectivity index (χ3n) is 2.95. The molecule has 1 aromatic carbocycles. The second-order valence-electron chi connectivity index (χ2n) is 3.88. The molecule has 1 aromatic rings. The molecular formula is C12H10BrNO2. The quantitative estimate of drug-likeness (QED) is 0.789. The van der Waals surface area contributed by atoms with Gasteiger partial charge in [0.2, 0.25) is 0 Å². The van der Waals surface area contributed by atoms with Crippen molar-refractivity contribution in [2.24, 2.45) is 0 Å². The van der Waals surface area contributed by atoms with E-state index in [4.69, 9.17) is 4.74 Å². The lowest BCUT2D eigenvalue weighted by atomic mass is 10.1. The van der Waals surface area contributed by atoms with E-state index in [2.05, 4.69) is 15.9 Å². The molecule has 0 aliphatic carbocycles. The largest absolute Gasteiger partial charge is 0.352 e. The SMILES string of the molecule is O=C1C(Br)=C[C@H]2OC[C@H](c3ccccc3)N12. The first-order chi connectivity index (χ1) is 7.77. The Morgan fingerprint density at radius 1 is 1.31 bits per heavy atom. The maximum atomic E-state index is 11.9. The van der Waals surface area contributed by atoms with Gasteiger partial charge in [0, 0.05) is 0 Å². The second-order valence-corrected chi connectivity index (χ2v) is 4.73. The Morgan fingerprint density at radius 3 is 2.81 bits per heavy atom. The molecule has 2 heterocycles. The second kappa shape index (κ2) is 3.71. The number of amides is 1. The lowest BCUT2D eigenvalue weighted by Gasteiger charge is -2.22. The minimum atomic E-state index is -0.202. The van der Waals surface area contributed by atoms with Gasteiger partial charge >= 0.3 is 0 Å². The number of carbonyl (C=O) groups is 1. The van der Waals surface area contributed by atoms with Gasteiger partial charge in [0.05, 0.1) is 17.1 Å². The van der Waals surface area contributed by atoms with Crippen LogP contribution in [-0.4, -0.2) is 23.6 Å². The monoisotopic (exact) mass is 279 g/mol. The van der Waals surface area contributed by atoms with Crippen molar-refractivity contribution in [3.63, 3.8) is 0 Å². The summed E-state index contributed by atoms with van der Waals surface area (Å²) in [4.78, 5) is 13.7. The third-order valence-corrected chi connectivity index (χ3v) is 3.55. The van der Waals surface area contributed by atoms with Crippen LogP contribution in [-0.2, 0) is 9.53 Å². The van der Waals surface area contributed by atoms with Crippen LogP contribution < -0.4 is 0 Å². The topological polar surface area (TPSA) is 29.5 Å². The predicted octanol–water partition coefficient (Wildman–Crippen LogP) is 2.21. The van der Waals surface area contributed by atoms with Gasteiger partial charge in [-0.3, -0.25) is 9.69 Å². The van der Waals surface area contributed by atoms with Gasteiger partial charge in [0.15, 0.2) is 6.23 Å². The highest BCUT2D eigenvalue weighted by Crippen LogP contribution is 2.37. The van der Waals surface area contributed by atoms with Crippen molar-refractivity contribution >= 4 is 21.8 Å². The zero-order valence-electron chi connectivity index (χ0n) is 8.47. The molecular weight excluding hydrogens is 270 g/mol. The van der Waals surface area contributed by atoms with Crippen LogP contribution in [0, 0.1) is 0 Å². The minimum Gasteiger partial charge on any atom is -0.352 e. The van der Waals surface area contributed by atoms with E-state index in [-0.39, 0.29) is 18.2 Å². The molecule has 2 aliphatic heterocycles. The van der Waals surface area contributed by atoms with Gasteiger partial charge in [-0.2, -0.15) is 0 Å². The fraction of sp³-hybridized carbons (Fsp3) is 0.250. The van der Waals surface area contributed by atoms with E-state index in [1.165, 1.54) is 0 Å². The van der Waals surface area contributed by atoms with Crippen LogP contribution in [0.4, 0.5) is 0 Å². The average Bonchev–Trinajstić information content (AvgIpc) is 2.83. The standard InChI is InChI=1S/C12H10BrNO2/c13-9-6-11-14(12(9)15)10(7-16-11)8-4-2-1-3-5-8/h1-6,10-11H,7H2/t10-,11-/m1/s1. The van der Waals surface area contributed by atoms with Crippen molar-refractivity contribution < 1.29 is 9.53 Å². The summed E-state index contributed by atoms with van der Waals surface area (Å²) in [5.41, 5.74) is 1.12. The van der Waals surface area contributed by atoms with Crippen LogP contribution in [0.1, 0.15) is 11.6 Å². The summed E-state index contributed by atoms with van der Waals surface area (Å²) in [6, 6.07) is 10.0. The predicted molar refractivity (Wildman–Crippen MR) is 62.8 cm³/mol. The minimum absolute atomic E-state index is 0.0105. The molecule has 0 spiro atoms. The summed E-state index contributed by atoms with van der Waals surface area (Å²) in [5.74, 6) is 0.0105. The summed E-state index contributed by atoms with van der Waals surface area (Å²) < 4.78 is 6.18. The van der Waals surface area contributed by atoms with E-state index < -0.39 is 0 Å². The molecule has 1 saturated heterocycles. The Labute approximate surface area is 102 Å². The van der Waals surface area contributed by atoms with Gasteiger partial charge in [-0.15, -0.1) is 0 Å². The number of fused-ring (bicyclic) bond motifs is 1. The van der Waals surface area contributed by atoms with Gasteiger partial charge in [-0.25, -0.2) is 0 Å². The smallest absolute Gasteiger partial charge is 0.263 e. The molecule has 0 unspecified atom stereocenters. The Hall–Kier alpha value is -1.13. The number of rotatable bonds is 1. The van der Waals surface area contributed by atoms with E-state index >= 15 is 0 Å². The number of hydrogen-bond donors (Lipinski definition) is 0. The number of halogens is 1. The number of carbonyl (C=O) groups excluding carboxylic acids is 1. The number of ether oxygens (including phenoxy) is 1. The van der Waals surface area contributed by atoms with Gasteiger partial charge in [0.25, 0.3) is 5.91 Å². The lowest BCUT2D eigenvalue weighted by Crippen LogP contribution is -2.32. The van der Waals surface area contributed by atoms with Crippen LogP contribution in [0.5, 0.6) is 0 Å². The molecule has 0 aromatic heterocycles. The maximum Gasteiger partial charge on any atom is 0.263 e. The van der Waals surface area contributed by atoms with Gasteiger partial charge < -0.3 is 4.74 Å². The Bertz CT molecular complexity index is 457. The fourth-order valence-electron chi connectivity index (χ4n) is 2.17. The zero-order valence-corrected chi connectivity index (χ0v) is 10.1. The first-order valence-electron chi connectivity index (χ1n) is 5.14. The Kier molecular flexibility index (Phi) is 2.33. The molecule has 1 amide bonds. The molecule has 1 fully saturated rings. The van der Waals surface area contributed by atoms with Crippen molar-refractivity contribution in [3.05, 3.63) is 46.5 Å². The molecule has 16 heavy (non-hydrogen) atoms. The molecule has 3 nitrogen and oxygen atoms in total. The summed E-state index contributed by atoms with van der Waals surface area (Å²) in [6.45, 7) is 0.567. The normalized spacial score (nSPS) is 28.2. The number of nitrogens with zero attached hydrogens (tertiary/aromatic N) is 1. The lowest BCUT2D eigenvalue weighted by molar-refractivity contribution is -0.128. The molecule has 2 atom stereocenters. The first kappa shape index (κ1) is 10.1. The first-order valence-corrected chi connectivity index (χ1v) is 5.93. The van der Waals surface area contributed by atoms with Crippen molar-refractivity contribution in [2.75, 3.05) is 6.61 Å². The zero-order chi connectivity index (χ0) is 11.1. The highest BCUT2D eigenvalue weighted by atomic mass is 79.9. The summed E-state index contributed by atoms with van der Waals surface area (Å²) in [7, 11) is 0. The molecule has 4 heteroatoms. The summed E-state index contributed by atoms with van der Waals surface area (Å²) in [5, 5.41) is 0. The molecule has 0 bridgehead atoms. The number of hydrogen-bond acceptors (Lipinski definition) is 2. The van der Waals surface area contributed by atoms with Gasteiger partial charge in [-0.1, -0.05) is 30.3 Å². The molecule has 0 N–H and O–H groups in total.